The SMILES string of the molecule is CC(=O)C(=O)O.CCC(O)C(=O)O. The normalized spacial score (nSPS) is 10.7. The molecule has 0 fully saturated rings. The lowest BCUT2D eigenvalue weighted by Gasteiger charge is -1.95. The second kappa shape index (κ2) is 7.23. The van der Waals surface area contributed by atoms with Gasteiger partial charge in [-0.25, -0.2) is 9.59 Å². The third kappa shape index (κ3) is 10.6. The highest BCUT2D eigenvalue weighted by atomic mass is 16.4. The van der Waals surface area contributed by atoms with Crippen molar-refractivity contribution >= 4 is 17.7 Å². The van der Waals surface area contributed by atoms with Crippen molar-refractivity contribution in [2.45, 2.75) is 26.4 Å². The van der Waals surface area contributed by atoms with E-state index in [9.17, 15) is 14.4 Å². The van der Waals surface area contributed by atoms with Crippen LogP contribution >= 0.6 is 0 Å². The first-order valence-electron chi connectivity index (χ1n) is 3.47. The van der Waals surface area contributed by atoms with E-state index in [0.717, 1.165) is 6.92 Å². The van der Waals surface area contributed by atoms with Crippen LogP contribution in [0.2, 0.25) is 0 Å². The summed E-state index contributed by atoms with van der Waals surface area (Å²) in [5.74, 6) is -3.35. The number of aliphatic carboxylic acids is 2. The number of carbonyl (C=O) groups is 3. The van der Waals surface area contributed by atoms with Gasteiger partial charge in [-0.2, -0.15) is 0 Å². The third-order valence-electron chi connectivity index (χ3n) is 0.973. The molecule has 0 aromatic heterocycles. The Labute approximate surface area is 74.8 Å². The quantitative estimate of drug-likeness (QED) is 0.520. The molecule has 0 aliphatic carbocycles. The summed E-state index contributed by atoms with van der Waals surface area (Å²) in [6, 6.07) is 0. The molecule has 6 nitrogen and oxygen atoms in total. The van der Waals surface area contributed by atoms with Crippen molar-refractivity contribution in [2.75, 3.05) is 0 Å². The minimum Gasteiger partial charge on any atom is -0.479 e. The summed E-state index contributed by atoms with van der Waals surface area (Å²) in [7, 11) is 0. The van der Waals surface area contributed by atoms with E-state index in [1.165, 1.54) is 0 Å². The highest BCUT2D eigenvalue weighted by Crippen LogP contribution is 1.86. The molecule has 1 atom stereocenters. The zero-order chi connectivity index (χ0) is 11.0. The van der Waals surface area contributed by atoms with E-state index in [1.54, 1.807) is 6.92 Å². The Bertz CT molecular complexity index is 185. The maximum atomic E-state index is 9.68. The van der Waals surface area contributed by atoms with Gasteiger partial charge in [0, 0.05) is 6.92 Å². The summed E-state index contributed by atoms with van der Waals surface area (Å²) in [5, 5.41) is 23.9. The molecule has 0 aliphatic heterocycles. The fourth-order valence-corrected chi connectivity index (χ4v) is 0.175. The Kier molecular flexibility index (Phi) is 7.85. The largest absolute Gasteiger partial charge is 0.479 e. The van der Waals surface area contributed by atoms with Gasteiger partial charge in [-0.15, -0.1) is 0 Å². The first-order valence-corrected chi connectivity index (χ1v) is 3.47. The average Bonchev–Trinajstić information content (AvgIpc) is 2.03. The van der Waals surface area contributed by atoms with Crippen molar-refractivity contribution in [3.8, 4) is 0 Å². The number of carbonyl (C=O) groups excluding carboxylic acids is 1. The molecular weight excluding hydrogens is 180 g/mol. The predicted octanol–water partition coefficient (Wildman–Crippen LogP) is -0.498. The van der Waals surface area contributed by atoms with Gasteiger partial charge in [0.1, 0.15) is 0 Å². The Balaban J connectivity index is 0. The highest BCUT2D eigenvalue weighted by Gasteiger charge is 2.07. The second-order valence-electron chi connectivity index (χ2n) is 2.12. The molecule has 1 unspecified atom stereocenters. The molecule has 0 aromatic rings. The number of hydrogen-bond acceptors (Lipinski definition) is 4. The Morgan fingerprint density at radius 3 is 1.54 bits per heavy atom. The van der Waals surface area contributed by atoms with Crippen LogP contribution in [0.1, 0.15) is 20.3 Å². The number of hydrogen-bond donors (Lipinski definition) is 3. The molecule has 76 valence electrons. The molecule has 3 N–H and O–H groups in total. The Hall–Kier alpha value is -1.43. The first-order chi connectivity index (χ1) is 5.82. The smallest absolute Gasteiger partial charge is 0.371 e. The van der Waals surface area contributed by atoms with Crippen LogP contribution in [0.5, 0.6) is 0 Å². The number of carboxylic acid groups (broad SMARTS) is 2. The summed E-state index contributed by atoms with van der Waals surface area (Å²) >= 11 is 0. The molecule has 0 amide bonds. The molecule has 0 rings (SSSR count). The van der Waals surface area contributed by atoms with Crippen molar-refractivity contribution in [2.24, 2.45) is 0 Å². The van der Waals surface area contributed by atoms with E-state index in [0.29, 0.717) is 0 Å². The lowest BCUT2D eigenvalue weighted by atomic mass is 10.3. The van der Waals surface area contributed by atoms with Gasteiger partial charge in [0.15, 0.2) is 6.10 Å². The van der Waals surface area contributed by atoms with Crippen LogP contribution in [0.4, 0.5) is 0 Å². The summed E-state index contributed by atoms with van der Waals surface area (Å²) in [6.07, 6.45) is -0.907. The zero-order valence-corrected chi connectivity index (χ0v) is 7.35. The molecule has 0 aromatic carbocycles. The van der Waals surface area contributed by atoms with E-state index in [1.807, 2.05) is 0 Å². The fraction of sp³-hybridized carbons (Fsp3) is 0.571. The highest BCUT2D eigenvalue weighted by molar-refractivity contribution is 6.31. The molecular formula is C7H12O6. The maximum absolute atomic E-state index is 9.68. The van der Waals surface area contributed by atoms with Crippen LogP contribution in [0.15, 0.2) is 0 Å². The van der Waals surface area contributed by atoms with Crippen molar-refractivity contribution < 1.29 is 29.7 Å². The number of carboxylic acids is 2. The molecule has 13 heavy (non-hydrogen) atoms. The molecule has 0 aliphatic rings. The van der Waals surface area contributed by atoms with E-state index in [4.69, 9.17) is 15.3 Å². The van der Waals surface area contributed by atoms with Gasteiger partial charge >= 0.3 is 11.9 Å². The van der Waals surface area contributed by atoms with Crippen molar-refractivity contribution in [3.05, 3.63) is 0 Å². The summed E-state index contributed by atoms with van der Waals surface area (Å²) in [6.45, 7) is 2.61. The van der Waals surface area contributed by atoms with Crippen molar-refractivity contribution in [3.63, 3.8) is 0 Å². The van der Waals surface area contributed by atoms with E-state index < -0.39 is 23.8 Å². The van der Waals surface area contributed by atoms with Crippen LogP contribution in [0, 0.1) is 0 Å². The van der Waals surface area contributed by atoms with Crippen molar-refractivity contribution in [1.82, 2.24) is 0 Å². The third-order valence-corrected chi connectivity index (χ3v) is 0.973. The molecule has 0 heterocycles. The standard InChI is InChI=1S/C4H8O3.C3H4O3/c1-2-3(5)4(6)7;1-2(4)3(5)6/h3,5H,2H2,1H3,(H,6,7);1H3,(H,5,6). The van der Waals surface area contributed by atoms with Crippen LogP contribution in [0.3, 0.4) is 0 Å². The second-order valence-corrected chi connectivity index (χ2v) is 2.12. The number of Topliss-reactive ketones (excluding diaryl/α,β-unsaturated/α-hetero) is 1. The molecule has 0 saturated heterocycles. The van der Waals surface area contributed by atoms with E-state index in [-0.39, 0.29) is 6.42 Å². The molecule has 0 radical (unpaired) electrons. The monoisotopic (exact) mass is 192 g/mol. The van der Waals surface area contributed by atoms with Crippen LogP contribution in [0.25, 0.3) is 0 Å². The lowest BCUT2D eigenvalue weighted by molar-refractivity contribution is -0.148. The van der Waals surface area contributed by atoms with Gasteiger partial charge in [0.2, 0.25) is 5.78 Å². The van der Waals surface area contributed by atoms with Crippen LogP contribution in [-0.2, 0) is 14.4 Å². The van der Waals surface area contributed by atoms with E-state index in [2.05, 4.69) is 0 Å². The average molecular weight is 192 g/mol. The topological polar surface area (TPSA) is 112 Å². The number of aliphatic hydroxyl groups excluding tert-OH is 1. The van der Waals surface area contributed by atoms with Gasteiger partial charge in [-0.05, 0) is 6.42 Å². The number of rotatable bonds is 3. The van der Waals surface area contributed by atoms with E-state index >= 15 is 0 Å². The van der Waals surface area contributed by atoms with Gasteiger partial charge in [0.25, 0.3) is 0 Å². The Morgan fingerprint density at radius 2 is 1.54 bits per heavy atom. The van der Waals surface area contributed by atoms with Gasteiger partial charge < -0.3 is 15.3 Å². The van der Waals surface area contributed by atoms with Gasteiger partial charge in [-0.1, -0.05) is 6.92 Å². The van der Waals surface area contributed by atoms with Gasteiger partial charge in [0.05, 0.1) is 0 Å². The van der Waals surface area contributed by atoms with Crippen LogP contribution in [-0.4, -0.2) is 39.1 Å². The molecule has 6 heteroatoms. The van der Waals surface area contributed by atoms with Crippen molar-refractivity contribution in [1.29, 1.82) is 0 Å². The number of aliphatic hydroxyl groups is 1. The Morgan fingerprint density at radius 1 is 1.23 bits per heavy atom. The molecule has 0 saturated carbocycles. The predicted molar refractivity (Wildman–Crippen MR) is 42.3 cm³/mol. The fourth-order valence-electron chi connectivity index (χ4n) is 0.175. The zero-order valence-electron chi connectivity index (χ0n) is 7.35. The minimum atomic E-state index is -1.38. The summed E-state index contributed by atoms with van der Waals surface area (Å²) in [4.78, 5) is 28.6. The summed E-state index contributed by atoms with van der Waals surface area (Å²) < 4.78 is 0. The molecule has 0 bridgehead atoms. The van der Waals surface area contributed by atoms with Gasteiger partial charge in [-0.3, -0.25) is 4.79 Å². The minimum absolute atomic E-state index is 0.273. The lowest BCUT2D eigenvalue weighted by Crippen LogP contribution is -2.17. The summed E-state index contributed by atoms with van der Waals surface area (Å²) in [5.41, 5.74) is 0. The molecule has 0 spiro atoms. The van der Waals surface area contributed by atoms with Crippen LogP contribution < -0.4 is 0 Å². The maximum Gasteiger partial charge on any atom is 0.371 e. The number of ketones is 1. The first kappa shape index (κ1) is 14.1.